The molecule has 0 unspecified atom stereocenters. The first-order chi connectivity index (χ1) is 15.4. The highest BCUT2D eigenvalue weighted by Crippen LogP contribution is 2.35. The van der Waals surface area contributed by atoms with E-state index in [1.807, 2.05) is 12.1 Å². The van der Waals surface area contributed by atoms with E-state index in [4.69, 9.17) is 4.74 Å². The molecule has 0 radical (unpaired) electrons. The third kappa shape index (κ3) is 3.48. The van der Waals surface area contributed by atoms with Crippen LogP contribution in [0.25, 0.3) is 11.2 Å². The average molecular weight is 440 g/mol. The van der Waals surface area contributed by atoms with E-state index in [1.165, 1.54) is 6.33 Å². The molecular formula is C21H24N6O5. The zero-order valence-corrected chi connectivity index (χ0v) is 17.5. The topological polar surface area (TPSA) is 140 Å². The molecule has 5 rings (SSSR count). The van der Waals surface area contributed by atoms with Crippen LogP contribution in [-0.2, 0) is 4.74 Å². The summed E-state index contributed by atoms with van der Waals surface area (Å²) in [6, 6.07) is 6.79. The van der Waals surface area contributed by atoms with Gasteiger partial charge in [-0.15, -0.1) is 0 Å². The lowest BCUT2D eigenvalue weighted by atomic mass is 9.89. The Labute approximate surface area is 183 Å². The van der Waals surface area contributed by atoms with E-state index < -0.39 is 24.5 Å². The molecule has 2 aliphatic rings. The number of non-ortho nitro benzene ring substituents is 1. The fourth-order valence-corrected chi connectivity index (χ4v) is 4.61. The summed E-state index contributed by atoms with van der Waals surface area (Å²) in [6.45, 7) is 3.24. The summed E-state index contributed by atoms with van der Waals surface area (Å²) >= 11 is 0. The molecule has 2 aliphatic heterocycles. The van der Waals surface area contributed by atoms with Crippen molar-refractivity contribution < 1.29 is 19.9 Å². The van der Waals surface area contributed by atoms with Crippen molar-refractivity contribution in [3.05, 3.63) is 52.6 Å². The molecule has 0 spiro atoms. The van der Waals surface area contributed by atoms with Crippen LogP contribution in [0, 0.1) is 10.1 Å². The molecule has 168 valence electrons. The third-order valence-corrected chi connectivity index (χ3v) is 6.46. The zero-order chi connectivity index (χ0) is 22.4. The van der Waals surface area contributed by atoms with Gasteiger partial charge in [-0.3, -0.25) is 14.7 Å². The van der Waals surface area contributed by atoms with E-state index in [1.54, 1.807) is 30.0 Å². The number of nitro benzene ring substituents is 1. The molecule has 32 heavy (non-hydrogen) atoms. The predicted octanol–water partition coefficient (Wildman–Crippen LogP) is 1.76. The Hall–Kier alpha value is -3.15. The molecule has 0 amide bonds. The first-order valence-electron chi connectivity index (χ1n) is 10.6. The summed E-state index contributed by atoms with van der Waals surface area (Å²) in [6.07, 6.45) is 1.50. The molecule has 11 heteroatoms. The standard InChI is InChI=1S/C21H24N6O5/c1-12-17(28)18(29)21(32-12)26-11-24-16-19(22-10-23-20(16)26)25-8-6-14(7-9-25)13-2-4-15(5-3-13)27(30)31/h2-5,10-12,14,17-18,21,28-29H,6-9H2,1H3/t12-,17-,18-,21-/m1/s1. The summed E-state index contributed by atoms with van der Waals surface area (Å²) in [4.78, 5) is 25.9. The fourth-order valence-electron chi connectivity index (χ4n) is 4.61. The van der Waals surface area contributed by atoms with Crippen LogP contribution in [0.3, 0.4) is 0 Å². The fraction of sp³-hybridized carbons (Fsp3) is 0.476. The number of aliphatic hydroxyl groups is 2. The molecule has 1 aromatic carbocycles. The van der Waals surface area contributed by atoms with Crippen molar-refractivity contribution in [2.45, 2.75) is 50.2 Å². The smallest absolute Gasteiger partial charge is 0.269 e. The highest BCUT2D eigenvalue weighted by atomic mass is 16.6. The van der Waals surface area contributed by atoms with Crippen molar-refractivity contribution in [1.82, 2.24) is 19.5 Å². The maximum atomic E-state index is 10.9. The maximum Gasteiger partial charge on any atom is 0.269 e. The Morgan fingerprint density at radius 3 is 2.44 bits per heavy atom. The largest absolute Gasteiger partial charge is 0.388 e. The van der Waals surface area contributed by atoms with Crippen LogP contribution in [0.2, 0.25) is 0 Å². The number of ether oxygens (including phenoxy) is 1. The second-order valence-electron chi connectivity index (χ2n) is 8.34. The number of nitro groups is 1. The van der Waals surface area contributed by atoms with E-state index in [0.29, 0.717) is 17.1 Å². The van der Waals surface area contributed by atoms with Gasteiger partial charge in [-0.25, -0.2) is 15.0 Å². The second-order valence-corrected chi connectivity index (χ2v) is 8.34. The number of imidazole rings is 1. The maximum absolute atomic E-state index is 10.9. The Kier molecular flexibility index (Phi) is 5.24. The number of hydrogen-bond donors (Lipinski definition) is 2. The molecule has 4 heterocycles. The van der Waals surface area contributed by atoms with Crippen LogP contribution >= 0.6 is 0 Å². The number of hydrogen-bond acceptors (Lipinski definition) is 9. The van der Waals surface area contributed by atoms with Crippen LogP contribution in [0.1, 0.15) is 37.5 Å². The van der Waals surface area contributed by atoms with Gasteiger partial charge >= 0.3 is 0 Å². The van der Waals surface area contributed by atoms with Gasteiger partial charge < -0.3 is 19.8 Å². The molecule has 0 aliphatic carbocycles. The van der Waals surface area contributed by atoms with Gasteiger partial charge in [0.25, 0.3) is 5.69 Å². The Morgan fingerprint density at radius 2 is 1.81 bits per heavy atom. The van der Waals surface area contributed by atoms with Crippen LogP contribution in [0.4, 0.5) is 11.5 Å². The Morgan fingerprint density at radius 1 is 1.09 bits per heavy atom. The lowest BCUT2D eigenvalue weighted by Gasteiger charge is -2.33. The normalized spacial score (nSPS) is 26.7. The van der Waals surface area contributed by atoms with Gasteiger partial charge in [0.05, 0.1) is 17.4 Å². The Bertz CT molecular complexity index is 1130. The van der Waals surface area contributed by atoms with Crippen molar-refractivity contribution in [2.24, 2.45) is 0 Å². The Balaban J connectivity index is 1.34. The van der Waals surface area contributed by atoms with Gasteiger partial charge in [-0.2, -0.15) is 0 Å². The van der Waals surface area contributed by atoms with E-state index in [2.05, 4.69) is 19.9 Å². The van der Waals surface area contributed by atoms with Crippen molar-refractivity contribution in [3.8, 4) is 0 Å². The molecule has 2 aromatic heterocycles. The van der Waals surface area contributed by atoms with Crippen molar-refractivity contribution in [3.63, 3.8) is 0 Å². The van der Waals surface area contributed by atoms with E-state index in [9.17, 15) is 20.3 Å². The highest BCUT2D eigenvalue weighted by molar-refractivity contribution is 5.83. The minimum atomic E-state index is -1.07. The number of aliphatic hydroxyl groups excluding tert-OH is 2. The summed E-state index contributed by atoms with van der Waals surface area (Å²) in [7, 11) is 0. The van der Waals surface area contributed by atoms with Gasteiger partial charge in [0.1, 0.15) is 18.5 Å². The minimum Gasteiger partial charge on any atom is -0.388 e. The first kappa shape index (κ1) is 20.7. The quantitative estimate of drug-likeness (QED) is 0.459. The summed E-state index contributed by atoms with van der Waals surface area (Å²) in [5.74, 6) is 1.05. The number of benzene rings is 1. The van der Waals surface area contributed by atoms with Gasteiger partial charge in [-0.1, -0.05) is 12.1 Å². The van der Waals surface area contributed by atoms with Gasteiger partial charge in [-0.05, 0) is 31.2 Å². The summed E-state index contributed by atoms with van der Waals surface area (Å²) in [5.41, 5.74) is 2.36. The van der Waals surface area contributed by atoms with E-state index >= 15 is 0 Å². The van der Waals surface area contributed by atoms with Gasteiger partial charge in [0.15, 0.2) is 23.2 Å². The van der Waals surface area contributed by atoms with E-state index in [-0.39, 0.29) is 10.6 Å². The van der Waals surface area contributed by atoms with Crippen LogP contribution in [-0.4, -0.2) is 66.1 Å². The monoisotopic (exact) mass is 440 g/mol. The van der Waals surface area contributed by atoms with Crippen LogP contribution in [0.15, 0.2) is 36.9 Å². The number of fused-ring (bicyclic) bond motifs is 1. The minimum absolute atomic E-state index is 0.100. The molecule has 3 aromatic rings. The molecule has 2 fully saturated rings. The molecule has 0 saturated carbocycles. The molecule has 2 saturated heterocycles. The first-order valence-corrected chi connectivity index (χ1v) is 10.6. The number of rotatable bonds is 4. The molecule has 0 bridgehead atoms. The number of nitrogens with zero attached hydrogens (tertiary/aromatic N) is 6. The molecular weight excluding hydrogens is 416 g/mol. The third-order valence-electron chi connectivity index (χ3n) is 6.46. The summed E-state index contributed by atoms with van der Waals surface area (Å²) in [5, 5.41) is 31.3. The van der Waals surface area contributed by atoms with Crippen molar-refractivity contribution >= 4 is 22.7 Å². The number of aromatic nitrogens is 4. The second kappa shape index (κ2) is 8.08. The average Bonchev–Trinajstić information content (AvgIpc) is 3.35. The molecule has 2 N–H and O–H groups in total. The molecule has 11 nitrogen and oxygen atoms in total. The SMILES string of the molecule is C[C@H]1O[C@@H](n2cnc3c(N4CCC(c5ccc([N+](=O)[O-])cc5)CC4)ncnc32)[C@H](O)[C@@H]1O. The lowest BCUT2D eigenvalue weighted by molar-refractivity contribution is -0.384. The van der Waals surface area contributed by atoms with Crippen molar-refractivity contribution in [1.29, 1.82) is 0 Å². The zero-order valence-electron chi connectivity index (χ0n) is 17.5. The van der Waals surface area contributed by atoms with Crippen molar-refractivity contribution in [2.75, 3.05) is 18.0 Å². The lowest BCUT2D eigenvalue weighted by Crippen LogP contribution is -2.33. The van der Waals surface area contributed by atoms with Gasteiger partial charge in [0.2, 0.25) is 0 Å². The summed E-state index contributed by atoms with van der Waals surface area (Å²) < 4.78 is 7.36. The number of anilines is 1. The molecule has 4 atom stereocenters. The predicted molar refractivity (Wildman–Crippen MR) is 114 cm³/mol. The van der Waals surface area contributed by atoms with Crippen LogP contribution < -0.4 is 4.90 Å². The van der Waals surface area contributed by atoms with Crippen LogP contribution in [0.5, 0.6) is 0 Å². The van der Waals surface area contributed by atoms with E-state index in [0.717, 1.165) is 37.3 Å². The highest BCUT2D eigenvalue weighted by Gasteiger charge is 2.42. The number of piperidine rings is 1. The van der Waals surface area contributed by atoms with Gasteiger partial charge in [0, 0.05) is 25.2 Å².